The minimum atomic E-state index is -1.72. The van der Waals surface area contributed by atoms with Crippen molar-refractivity contribution < 1.29 is 53.3 Å². The molecule has 0 aliphatic carbocycles. The lowest BCUT2D eigenvalue weighted by Gasteiger charge is -2.31. The van der Waals surface area contributed by atoms with Gasteiger partial charge in [-0.05, 0) is 61.4 Å². The highest BCUT2D eigenvalue weighted by Crippen LogP contribution is 2.15. The summed E-state index contributed by atoms with van der Waals surface area (Å²) in [6.07, 6.45) is 0.607. The summed E-state index contributed by atoms with van der Waals surface area (Å²) in [5, 5.41) is 32.0. The number of thioether (sulfide) groups is 1. The number of aliphatic carboxylic acids is 2. The van der Waals surface area contributed by atoms with Crippen LogP contribution in [0.2, 0.25) is 0 Å². The van der Waals surface area contributed by atoms with E-state index in [1.54, 1.807) is 27.7 Å². The maximum Gasteiger partial charge on any atom is 0.329 e. The maximum atomic E-state index is 13.8. The Labute approximate surface area is 346 Å². The first kappa shape index (κ1) is 54.0. The molecule has 0 saturated carbocycles. The zero-order valence-corrected chi connectivity index (χ0v) is 36.3. The van der Waals surface area contributed by atoms with Crippen molar-refractivity contribution in [2.45, 2.75) is 149 Å². The third kappa shape index (κ3) is 21.1. The van der Waals surface area contributed by atoms with Gasteiger partial charge in [0.15, 0.2) is 0 Å². The molecule has 0 unspecified atom stereocenters. The van der Waals surface area contributed by atoms with Crippen molar-refractivity contribution in [3.05, 3.63) is 0 Å². The third-order valence-corrected chi connectivity index (χ3v) is 10.0. The lowest BCUT2D eigenvalue weighted by Crippen LogP contribution is -2.59. The number of esters is 1. The molecule has 0 bridgehead atoms. The van der Waals surface area contributed by atoms with Crippen LogP contribution in [-0.4, -0.2) is 125 Å². The molecule has 0 aliphatic heterocycles. The fraction of sp³-hybridized carbons (Fsp3) is 0.789. The van der Waals surface area contributed by atoms with E-state index in [0.717, 1.165) is 0 Å². The molecule has 0 radical (unpaired) electrons. The second kappa shape index (κ2) is 27.6. The van der Waals surface area contributed by atoms with Crippen LogP contribution in [-0.2, 0) is 43.1 Å². The van der Waals surface area contributed by atoms with Crippen LogP contribution in [0.1, 0.15) is 100 Å². The highest BCUT2D eigenvalue weighted by Gasteiger charge is 2.36. The van der Waals surface area contributed by atoms with Crippen LogP contribution in [0.25, 0.3) is 0 Å². The largest absolute Gasteiger partial charge is 0.481 e. The molecule has 0 aromatic heterocycles. The van der Waals surface area contributed by atoms with Crippen molar-refractivity contribution in [2.24, 2.45) is 40.9 Å². The van der Waals surface area contributed by atoms with E-state index in [1.807, 2.05) is 34.0 Å². The summed E-state index contributed by atoms with van der Waals surface area (Å²) >= 11 is 1.47. The van der Waals surface area contributed by atoms with Crippen LogP contribution in [0.4, 0.5) is 0 Å². The van der Waals surface area contributed by atoms with E-state index in [-0.39, 0.29) is 43.6 Å². The second-order valence-corrected chi connectivity index (χ2v) is 16.9. The summed E-state index contributed by atoms with van der Waals surface area (Å²) in [6, 6.07) is -7.90. The van der Waals surface area contributed by atoms with Gasteiger partial charge in [-0.3, -0.25) is 33.6 Å². The predicted octanol–water partition coefficient (Wildman–Crippen LogP) is -0.178. The predicted molar refractivity (Wildman–Crippen MR) is 220 cm³/mol. The van der Waals surface area contributed by atoms with E-state index in [2.05, 4.69) is 26.6 Å². The quantitative estimate of drug-likeness (QED) is 0.0420. The van der Waals surface area contributed by atoms with Crippen molar-refractivity contribution in [1.29, 1.82) is 0 Å². The molecule has 19 nitrogen and oxygen atoms in total. The number of nitrogens with one attached hydrogen (secondary N) is 5. The molecule has 0 aromatic rings. The van der Waals surface area contributed by atoms with Gasteiger partial charge in [-0.2, -0.15) is 11.8 Å². The number of carboxylic acids is 2. The van der Waals surface area contributed by atoms with Gasteiger partial charge in [0, 0.05) is 19.0 Å². The first-order valence-corrected chi connectivity index (χ1v) is 21.2. The lowest BCUT2D eigenvalue weighted by molar-refractivity contribution is -0.157. The van der Waals surface area contributed by atoms with Gasteiger partial charge in [0.05, 0.1) is 18.5 Å². The van der Waals surface area contributed by atoms with Gasteiger partial charge in [0.1, 0.15) is 30.3 Å². The highest BCUT2D eigenvalue weighted by molar-refractivity contribution is 7.98. The van der Waals surface area contributed by atoms with E-state index in [4.69, 9.17) is 27.0 Å². The normalized spacial score (nSPS) is 16.2. The summed E-state index contributed by atoms with van der Waals surface area (Å²) in [7, 11) is 0. The lowest BCUT2D eigenvalue weighted by atomic mass is 9.97. The number of amides is 5. The summed E-state index contributed by atoms with van der Waals surface area (Å²) in [5.74, 6) is -7.50. The van der Waals surface area contributed by atoms with Gasteiger partial charge in [-0.15, -0.1) is 0 Å². The molecule has 20 heteroatoms. The fourth-order valence-electron chi connectivity index (χ4n) is 5.80. The SMILES string of the molecule is CC[C@H](C)[C@H](NC(=O)[C@@H](N)CCC(=O)O)C(=O)N[C@@H](CC(=O)O)C(=O)O[C@@H](CN[C@@H](CCSC)C(=O)N[C@H](C(=O)N[C@@H](CC(C)C)C(N)=O)C(C)C)[C@@H](N)CC(C)C. The molecular weight excluding hydrogens is 777 g/mol. The average molecular weight is 847 g/mol. The molecule has 5 amide bonds. The number of carbonyl (C=O) groups is 8. The van der Waals surface area contributed by atoms with Crippen molar-refractivity contribution in [1.82, 2.24) is 26.6 Å². The Morgan fingerprint density at radius 1 is 0.690 bits per heavy atom. The van der Waals surface area contributed by atoms with Gasteiger partial charge in [-0.1, -0.05) is 61.8 Å². The summed E-state index contributed by atoms with van der Waals surface area (Å²) in [5.41, 5.74) is 17.9. The molecule has 58 heavy (non-hydrogen) atoms. The molecule has 13 N–H and O–H groups in total. The van der Waals surface area contributed by atoms with Gasteiger partial charge < -0.3 is 58.7 Å². The Morgan fingerprint density at radius 3 is 1.72 bits per heavy atom. The Hall–Kier alpha value is -4.01. The maximum absolute atomic E-state index is 13.8. The van der Waals surface area contributed by atoms with Crippen molar-refractivity contribution in [3.63, 3.8) is 0 Å². The molecule has 0 rings (SSSR count). The summed E-state index contributed by atoms with van der Waals surface area (Å²) < 4.78 is 5.80. The number of primary amides is 1. The molecule has 0 fully saturated rings. The third-order valence-electron chi connectivity index (χ3n) is 9.37. The van der Waals surface area contributed by atoms with Gasteiger partial charge >= 0.3 is 17.9 Å². The van der Waals surface area contributed by atoms with E-state index in [9.17, 15) is 43.5 Å². The van der Waals surface area contributed by atoms with Crippen molar-refractivity contribution in [3.8, 4) is 0 Å². The number of ether oxygens (including phenoxy) is 1. The van der Waals surface area contributed by atoms with E-state index in [1.165, 1.54) is 11.8 Å². The molecular formula is C38H70N8O11S. The van der Waals surface area contributed by atoms with Crippen LogP contribution >= 0.6 is 11.8 Å². The minimum Gasteiger partial charge on any atom is -0.481 e. The first-order chi connectivity index (χ1) is 26.9. The van der Waals surface area contributed by atoms with Gasteiger partial charge in [0.25, 0.3) is 0 Å². The van der Waals surface area contributed by atoms with E-state index < -0.39 is 108 Å². The highest BCUT2D eigenvalue weighted by atomic mass is 32.2. The Kier molecular flexibility index (Phi) is 25.7. The Bertz CT molecular complexity index is 1370. The van der Waals surface area contributed by atoms with Crippen LogP contribution in [0.15, 0.2) is 0 Å². The zero-order valence-electron chi connectivity index (χ0n) is 35.5. The number of rotatable bonds is 30. The monoisotopic (exact) mass is 846 g/mol. The molecule has 334 valence electrons. The Morgan fingerprint density at radius 2 is 1.24 bits per heavy atom. The Balaban J connectivity index is 6.35. The average Bonchev–Trinajstić information content (AvgIpc) is 3.12. The topological polar surface area (TPSA) is 324 Å². The number of hydrogen-bond donors (Lipinski definition) is 10. The molecule has 0 spiro atoms. The van der Waals surface area contributed by atoms with Gasteiger partial charge in [0.2, 0.25) is 29.5 Å². The minimum absolute atomic E-state index is 0.0355. The van der Waals surface area contributed by atoms with Crippen molar-refractivity contribution in [2.75, 3.05) is 18.6 Å². The van der Waals surface area contributed by atoms with Gasteiger partial charge in [-0.25, -0.2) is 4.79 Å². The fourth-order valence-corrected chi connectivity index (χ4v) is 6.27. The van der Waals surface area contributed by atoms with Crippen LogP contribution < -0.4 is 43.8 Å². The standard InChI is InChI=1S/C38H70N8O11S/c1-10-22(8)32(46-34(52)23(39)11-12-29(47)48)37(55)44-27(17-30(49)50)38(56)57-28(24(40)15-19(2)3)18-42-25(13-14-58-9)35(53)45-31(21(6)7)36(54)43-26(33(41)51)16-20(4)5/h19-28,31-32,42H,10-18,39-40H2,1-9H3,(H2,41,51)(H,43,54)(H,44,55)(H,45,53)(H,46,52)(H,47,48)(H,49,50)/t22-,23-,24-,25-,26-,27-,28-,31-,32-/m0/s1. The zero-order chi connectivity index (χ0) is 44.9. The number of carbonyl (C=O) groups excluding carboxylic acids is 6. The summed E-state index contributed by atoms with van der Waals surface area (Å²) in [6.45, 7) is 14.2. The molecule has 0 aliphatic rings. The first-order valence-electron chi connectivity index (χ1n) is 19.8. The number of hydrogen-bond acceptors (Lipinski definition) is 13. The van der Waals surface area contributed by atoms with Crippen LogP contribution in [0, 0.1) is 23.7 Å². The van der Waals surface area contributed by atoms with Crippen LogP contribution in [0.3, 0.4) is 0 Å². The number of nitrogens with two attached hydrogens (primary N) is 3. The second-order valence-electron chi connectivity index (χ2n) is 15.9. The number of carboxylic acid groups (broad SMARTS) is 2. The summed E-state index contributed by atoms with van der Waals surface area (Å²) in [4.78, 5) is 102. The molecule has 0 saturated heterocycles. The van der Waals surface area contributed by atoms with Crippen molar-refractivity contribution >= 4 is 59.2 Å². The van der Waals surface area contributed by atoms with E-state index >= 15 is 0 Å². The molecule has 9 atom stereocenters. The molecule has 0 aromatic carbocycles. The van der Waals surface area contributed by atoms with Crippen LogP contribution in [0.5, 0.6) is 0 Å². The smallest absolute Gasteiger partial charge is 0.329 e. The molecule has 0 heterocycles. The van der Waals surface area contributed by atoms with E-state index in [0.29, 0.717) is 25.0 Å².